The third-order valence-corrected chi connectivity index (χ3v) is 4.99. The number of hydrogen-bond donors (Lipinski definition) is 1. The van der Waals surface area contributed by atoms with Crippen LogP contribution in [0.1, 0.15) is 27.5 Å². The Morgan fingerprint density at radius 1 is 1.03 bits per heavy atom. The van der Waals surface area contributed by atoms with Gasteiger partial charge in [0.2, 0.25) is 5.91 Å². The van der Waals surface area contributed by atoms with Gasteiger partial charge in [-0.1, -0.05) is 24.3 Å². The number of carbonyl (C=O) groups excluding carboxylic acids is 2. The van der Waals surface area contributed by atoms with E-state index in [4.69, 9.17) is 0 Å². The number of carbonyl (C=O) groups is 2. The number of benzene rings is 3. The Balaban J connectivity index is 1.92. The van der Waals surface area contributed by atoms with E-state index in [1.54, 1.807) is 0 Å². The third kappa shape index (κ3) is 3.85. The fourth-order valence-electron chi connectivity index (χ4n) is 3.64. The molecule has 1 aliphatic heterocycles. The van der Waals surface area contributed by atoms with E-state index in [0.717, 1.165) is 4.90 Å². The fraction of sp³-hybridized carbons (Fsp3) is 0.0909. The summed E-state index contributed by atoms with van der Waals surface area (Å²) in [4.78, 5) is 37.8. The average Bonchev–Trinajstić information content (AvgIpc) is 2.89. The van der Waals surface area contributed by atoms with Gasteiger partial charge in [0, 0.05) is 17.3 Å². The predicted molar refractivity (Wildman–Crippen MR) is 107 cm³/mol. The fourth-order valence-corrected chi connectivity index (χ4v) is 3.64. The zero-order valence-electron chi connectivity index (χ0n) is 15.9. The highest BCUT2D eigenvalue weighted by Crippen LogP contribution is 2.37. The highest BCUT2D eigenvalue weighted by atomic mass is 19.1. The molecule has 0 radical (unpaired) electrons. The highest BCUT2D eigenvalue weighted by Gasteiger charge is 2.36. The van der Waals surface area contributed by atoms with Crippen molar-refractivity contribution >= 4 is 23.2 Å². The second-order valence-electron chi connectivity index (χ2n) is 6.94. The van der Waals surface area contributed by atoms with Gasteiger partial charge in [-0.15, -0.1) is 0 Å². The first-order chi connectivity index (χ1) is 14.8. The van der Waals surface area contributed by atoms with Gasteiger partial charge in [-0.05, 0) is 42.0 Å². The lowest BCUT2D eigenvalue weighted by Gasteiger charge is -2.30. The number of fused-ring (bicyclic) bond motifs is 1. The number of rotatable bonds is 3. The van der Waals surface area contributed by atoms with E-state index < -0.39 is 46.6 Å². The van der Waals surface area contributed by atoms with Gasteiger partial charge in [0.05, 0.1) is 11.0 Å². The molecular formula is C22H15F2N3O4. The molecule has 0 spiro atoms. The van der Waals surface area contributed by atoms with Crippen LogP contribution in [-0.4, -0.2) is 28.2 Å². The van der Waals surface area contributed by atoms with Gasteiger partial charge >= 0.3 is 0 Å². The predicted octanol–water partition coefficient (Wildman–Crippen LogP) is 4.06. The van der Waals surface area contributed by atoms with Crippen LogP contribution in [0.5, 0.6) is 0 Å². The SMILES string of the molecule is O=C1CN(C(=O)c2ccccc2[N+](=O)[O-])C(c2ccc(F)cc2)c2cc(F)ccc2N1. The van der Waals surface area contributed by atoms with Crippen molar-refractivity contribution in [2.24, 2.45) is 0 Å². The molecule has 1 unspecified atom stereocenters. The Hall–Kier alpha value is -4.14. The number of nitro benzene ring substituents is 1. The Kier molecular flexibility index (Phi) is 5.16. The zero-order chi connectivity index (χ0) is 22.1. The molecule has 1 N–H and O–H groups in total. The Morgan fingerprint density at radius 3 is 2.42 bits per heavy atom. The van der Waals surface area contributed by atoms with Crippen LogP contribution in [0, 0.1) is 21.7 Å². The molecule has 3 aromatic rings. The van der Waals surface area contributed by atoms with E-state index in [1.807, 2.05) is 0 Å². The minimum Gasteiger partial charge on any atom is -0.324 e. The van der Waals surface area contributed by atoms with Gasteiger partial charge in [0.1, 0.15) is 23.7 Å². The molecule has 31 heavy (non-hydrogen) atoms. The topological polar surface area (TPSA) is 92.5 Å². The molecule has 7 nitrogen and oxygen atoms in total. The molecule has 0 bridgehead atoms. The Bertz CT molecular complexity index is 1200. The first-order valence-corrected chi connectivity index (χ1v) is 9.24. The summed E-state index contributed by atoms with van der Waals surface area (Å²) < 4.78 is 27.7. The van der Waals surface area contributed by atoms with Crippen LogP contribution < -0.4 is 5.32 Å². The molecule has 2 amide bonds. The number of nitro groups is 1. The minimum absolute atomic E-state index is 0.215. The average molecular weight is 423 g/mol. The van der Waals surface area contributed by atoms with Crippen LogP contribution in [0.25, 0.3) is 0 Å². The van der Waals surface area contributed by atoms with Gasteiger partial charge < -0.3 is 10.2 Å². The van der Waals surface area contributed by atoms with Gasteiger partial charge in [0.25, 0.3) is 11.6 Å². The number of halogens is 2. The molecule has 1 aliphatic rings. The lowest BCUT2D eigenvalue weighted by atomic mass is 9.95. The van der Waals surface area contributed by atoms with E-state index in [0.29, 0.717) is 11.3 Å². The summed E-state index contributed by atoms with van der Waals surface area (Å²) in [6.45, 7) is -0.441. The molecule has 0 aromatic heterocycles. The van der Waals surface area contributed by atoms with E-state index in [2.05, 4.69) is 5.32 Å². The number of nitrogens with one attached hydrogen (secondary N) is 1. The van der Waals surface area contributed by atoms with Crippen LogP contribution in [0.4, 0.5) is 20.2 Å². The maximum atomic E-state index is 14.1. The number of nitrogens with zero attached hydrogens (tertiary/aromatic N) is 2. The van der Waals surface area contributed by atoms with Crippen molar-refractivity contribution in [2.45, 2.75) is 6.04 Å². The highest BCUT2D eigenvalue weighted by molar-refractivity contribution is 6.03. The molecule has 0 saturated heterocycles. The summed E-state index contributed by atoms with van der Waals surface area (Å²) in [5, 5.41) is 14.1. The number of anilines is 1. The van der Waals surface area contributed by atoms with Gasteiger partial charge in [0.15, 0.2) is 0 Å². The van der Waals surface area contributed by atoms with Crippen molar-refractivity contribution in [3.8, 4) is 0 Å². The quantitative estimate of drug-likeness (QED) is 0.508. The summed E-state index contributed by atoms with van der Waals surface area (Å²) >= 11 is 0. The molecule has 3 aromatic carbocycles. The normalized spacial score (nSPS) is 15.6. The molecular weight excluding hydrogens is 408 g/mol. The summed E-state index contributed by atoms with van der Waals surface area (Å²) in [5.41, 5.74) is 0.335. The van der Waals surface area contributed by atoms with Crippen LogP contribution in [0.15, 0.2) is 66.7 Å². The third-order valence-electron chi connectivity index (χ3n) is 4.99. The Morgan fingerprint density at radius 2 is 1.71 bits per heavy atom. The van der Waals surface area contributed by atoms with Crippen molar-refractivity contribution in [3.63, 3.8) is 0 Å². The molecule has 0 aliphatic carbocycles. The Labute approximate surface area is 175 Å². The molecule has 156 valence electrons. The zero-order valence-corrected chi connectivity index (χ0v) is 15.9. The molecule has 1 atom stereocenters. The van der Waals surface area contributed by atoms with Crippen molar-refractivity contribution in [1.82, 2.24) is 4.90 Å². The van der Waals surface area contributed by atoms with E-state index in [-0.39, 0.29) is 11.1 Å². The van der Waals surface area contributed by atoms with E-state index >= 15 is 0 Å². The lowest BCUT2D eigenvalue weighted by molar-refractivity contribution is -0.385. The van der Waals surface area contributed by atoms with Crippen LogP contribution in [0.2, 0.25) is 0 Å². The van der Waals surface area contributed by atoms with Crippen molar-refractivity contribution in [2.75, 3.05) is 11.9 Å². The molecule has 0 fully saturated rings. The second kappa shape index (κ2) is 7.94. The number of amides is 2. The van der Waals surface area contributed by atoms with Crippen LogP contribution >= 0.6 is 0 Å². The first kappa shape index (κ1) is 20.1. The second-order valence-corrected chi connectivity index (χ2v) is 6.94. The largest absolute Gasteiger partial charge is 0.324 e. The van der Waals surface area contributed by atoms with E-state index in [1.165, 1.54) is 66.7 Å². The summed E-state index contributed by atoms with van der Waals surface area (Å²) in [6, 6.07) is 13.3. The monoisotopic (exact) mass is 423 g/mol. The first-order valence-electron chi connectivity index (χ1n) is 9.24. The maximum Gasteiger partial charge on any atom is 0.282 e. The van der Waals surface area contributed by atoms with Crippen LogP contribution in [-0.2, 0) is 4.79 Å². The molecule has 1 heterocycles. The van der Waals surface area contributed by atoms with Gasteiger partial charge in [-0.2, -0.15) is 0 Å². The van der Waals surface area contributed by atoms with Crippen molar-refractivity contribution in [3.05, 3.63) is 105 Å². The summed E-state index contributed by atoms with van der Waals surface area (Å²) in [6.07, 6.45) is 0. The molecule has 4 rings (SSSR count). The van der Waals surface area contributed by atoms with Crippen molar-refractivity contribution in [1.29, 1.82) is 0 Å². The van der Waals surface area contributed by atoms with E-state index in [9.17, 15) is 28.5 Å². The smallest absolute Gasteiger partial charge is 0.282 e. The lowest BCUT2D eigenvalue weighted by Crippen LogP contribution is -2.39. The van der Waals surface area contributed by atoms with Gasteiger partial charge in [-0.25, -0.2) is 8.78 Å². The van der Waals surface area contributed by atoms with Crippen molar-refractivity contribution < 1.29 is 23.3 Å². The summed E-state index contributed by atoms with van der Waals surface area (Å²) in [5.74, 6) is -2.44. The number of hydrogen-bond acceptors (Lipinski definition) is 4. The standard InChI is InChI=1S/C22H15F2N3O4/c23-14-7-5-13(6-8-14)21-17-11-15(24)9-10-18(17)25-20(28)12-26(21)22(29)16-3-1-2-4-19(16)27(30)31/h1-11,21H,12H2,(H,25,28). The van der Waals surface area contributed by atoms with Crippen LogP contribution in [0.3, 0.4) is 0 Å². The molecule has 0 saturated carbocycles. The minimum atomic E-state index is -0.988. The maximum absolute atomic E-state index is 14.1. The van der Waals surface area contributed by atoms with Gasteiger partial charge in [-0.3, -0.25) is 19.7 Å². The summed E-state index contributed by atoms with van der Waals surface area (Å²) in [7, 11) is 0. The molecule has 9 heteroatoms. The number of para-hydroxylation sites is 1.